The van der Waals surface area contributed by atoms with Crippen molar-refractivity contribution in [1.82, 2.24) is 5.32 Å². The minimum atomic E-state index is 0.563. The van der Waals surface area contributed by atoms with E-state index in [0.29, 0.717) is 6.04 Å². The van der Waals surface area contributed by atoms with Crippen molar-refractivity contribution in [2.45, 2.75) is 51.5 Å². The van der Waals surface area contributed by atoms with E-state index >= 15 is 0 Å². The third-order valence-corrected chi connectivity index (χ3v) is 3.12. The number of nitrogens with one attached hydrogen (secondary N) is 1. The fraction of sp³-hybridized carbons (Fsp3) is 1.00. The summed E-state index contributed by atoms with van der Waals surface area (Å²) in [6.07, 6.45) is 8.49. The molecule has 0 amide bonds. The molecule has 13 heavy (non-hydrogen) atoms. The van der Waals surface area contributed by atoms with Crippen molar-refractivity contribution in [2.75, 3.05) is 13.1 Å². The number of hydrogen-bond acceptors (Lipinski definition) is 2. The van der Waals surface area contributed by atoms with Crippen LogP contribution < -0.4 is 11.1 Å². The Kier molecular flexibility index (Phi) is 5.40. The maximum Gasteiger partial charge on any atom is 0.0192 e. The van der Waals surface area contributed by atoms with E-state index in [-0.39, 0.29) is 0 Å². The molecule has 1 unspecified atom stereocenters. The van der Waals surface area contributed by atoms with Crippen molar-refractivity contribution in [3.8, 4) is 0 Å². The van der Waals surface area contributed by atoms with Gasteiger partial charge in [-0.3, -0.25) is 0 Å². The van der Waals surface area contributed by atoms with Gasteiger partial charge in [0, 0.05) is 12.6 Å². The maximum atomic E-state index is 5.71. The Morgan fingerprint density at radius 2 is 2.00 bits per heavy atom. The van der Waals surface area contributed by atoms with Crippen molar-refractivity contribution in [3.05, 3.63) is 0 Å². The molecule has 0 bridgehead atoms. The van der Waals surface area contributed by atoms with E-state index in [1.54, 1.807) is 0 Å². The summed E-state index contributed by atoms with van der Waals surface area (Å²) in [7, 11) is 0. The van der Waals surface area contributed by atoms with Gasteiger partial charge >= 0.3 is 0 Å². The monoisotopic (exact) mass is 184 g/mol. The Labute approximate surface area is 82.3 Å². The van der Waals surface area contributed by atoms with Crippen LogP contribution in [0.4, 0.5) is 0 Å². The third kappa shape index (κ3) is 4.10. The Morgan fingerprint density at radius 3 is 2.54 bits per heavy atom. The Balaban J connectivity index is 2.18. The number of hydrogen-bond donors (Lipinski definition) is 2. The lowest BCUT2D eigenvalue weighted by molar-refractivity contribution is 0.301. The van der Waals surface area contributed by atoms with E-state index in [4.69, 9.17) is 5.73 Å². The molecule has 0 aromatic rings. The second-order valence-corrected chi connectivity index (χ2v) is 4.23. The van der Waals surface area contributed by atoms with Crippen LogP contribution in [-0.4, -0.2) is 19.1 Å². The molecular formula is C11H24N2. The van der Waals surface area contributed by atoms with Crippen molar-refractivity contribution in [1.29, 1.82) is 0 Å². The molecule has 0 saturated heterocycles. The molecule has 0 aromatic heterocycles. The van der Waals surface area contributed by atoms with Crippen molar-refractivity contribution >= 4 is 0 Å². The molecule has 1 aliphatic carbocycles. The lowest BCUT2D eigenvalue weighted by Crippen LogP contribution is -2.37. The molecule has 1 rings (SSSR count). The highest BCUT2D eigenvalue weighted by atomic mass is 14.9. The average Bonchev–Trinajstić information content (AvgIpc) is 2.19. The first kappa shape index (κ1) is 11.0. The molecule has 0 heterocycles. The third-order valence-electron chi connectivity index (χ3n) is 3.12. The van der Waals surface area contributed by atoms with Gasteiger partial charge in [0.1, 0.15) is 0 Å². The average molecular weight is 184 g/mol. The zero-order chi connectivity index (χ0) is 9.52. The van der Waals surface area contributed by atoms with E-state index < -0.39 is 0 Å². The summed E-state index contributed by atoms with van der Waals surface area (Å²) in [6.45, 7) is 4.00. The Morgan fingerprint density at radius 1 is 1.31 bits per heavy atom. The van der Waals surface area contributed by atoms with Gasteiger partial charge in [0.05, 0.1) is 0 Å². The van der Waals surface area contributed by atoms with Crippen LogP contribution in [0, 0.1) is 5.92 Å². The lowest BCUT2D eigenvalue weighted by atomic mass is 9.85. The highest BCUT2D eigenvalue weighted by Gasteiger charge is 2.17. The van der Waals surface area contributed by atoms with Gasteiger partial charge in [-0.15, -0.1) is 0 Å². The normalized spacial score (nSPS) is 21.7. The topological polar surface area (TPSA) is 38.0 Å². The molecule has 78 valence electrons. The van der Waals surface area contributed by atoms with Crippen LogP contribution in [0.15, 0.2) is 0 Å². The summed E-state index contributed by atoms with van der Waals surface area (Å²) in [4.78, 5) is 0. The first-order valence-electron chi connectivity index (χ1n) is 5.80. The van der Waals surface area contributed by atoms with Crippen LogP contribution in [0.3, 0.4) is 0 Å². The quantitative estimate of drug-likeness (QED) is 0.685. The largest absolute Gasteiger partial charge is 0.329 e. The Hall–Kier alpha value is -0.0800. The van der Waals surface area contributed by atoms with Gasteiger partial charge in [-0.25, -0.2) is 0 Å². The number of nitrogens with two attached hydrogens (primary N) is 1. The molecule has 0 aliphatic heterocycles. The smallest absolute Gasteiger partial charge is 0.0192 e. The summed E-state index contributed by atoms with van der Waals surface area (Å²) < 4.78 is 0. The summed E-state index contributed by atoms with van der Waals surface area (Å²) in [5, 5.41) is 3.45. The SMILES string of the molecule is CCNC(CN)CC1CCCCC1. The van der Waals surface area contributed by atoms with Gasteiger partial charge in [-0.2, -0.15) is 0 Å². The first-order valence-corrected chi connectivity index (χ1v) is 5.80. The van der Waals surface area contributed by atoms with E-state index in [0.717, 1.165) is 19.0 Å². The van der Waals surface area contributed by atoms with Crippen molar-refractivity contribution in [2.24, 2.45) is 11.7 Å². The number of likely N-dealkylation sites (N-methyl/N-ethyl adjacent to an activating group) is 1. The molecule has 0 spiro atoms. The highest BCUT2D eigenvalue weighted by Crippen LogP contribution is 2.27. The summed E-state index contributed by atoms with van der Waals surface area (Å²) in [5.74, 6) is 0.946. The zero-order valence-corrected chi connectivity index (χ0v) is 8.89. The van der Waals surface area contributed by atoms with Crippen LogP contribution in [0.2, 0.25) is 0 Å². The lowest BCUT2D eigenvalue weighted by Gasteiger charge is -2.26. The van der Waals surface area contributed by atoms with Crippen molar-refractivity contribution in [3.63, 3.8) is 0 Å². The predicted molar refractivity (Wildman–Crippen MR) is 57.7 cm³/mol. The summed E-state index contributed by atoms with van der Waals surface area (Å²) in [5.41, 5.74) is 5.71. The van der Waals surface area contributed by atoms with Crippen LogP contribution in [0.25, 0.3) is 0 Å². The molecule has 1 atom stereocenters. The van der Waals surface area contributed by atoms with Crippen LogP contribution in [-0.2, 0) is 0 Å². The second-order valence-electron chi connectivity index (χ2n) is 4.23. The van der Waals surface area contributed by atoms with Crippen molar-refractivity contribution < 1.29 is 0 Å². The van der Waals surface area contributed by atoms with E-state index in [9.17, 15) is 0 Å². The zero-order valence-electron chi connectivity index (χ0n) is 8.89. The van der Waals surface area contributed by atoms with E-state index in [1.165, 1.54) is 38.5 Å². The van der Waals surface area contributed by atoms with Gasteiger partial charge in [-0.1, -0.05) is 39.0 Å². The highest BCUT2D eigenvalue weighted by molar-refractivity contribution is 4.74. The molecule has 3 N–H and O–H groups in total. The number of rotatable bonds is 5. The van der Waals surface area contributed by atoms with Gasteiger partial charge in [0.2, 0.25) is 0 Å². The maximum absolute atomic E-state index is 5.71. The minimum absolute atomic E-state index is 0.563. The Bertz CT molecular complexity index is 117. The molecule has 2 heteroatoms. The molecule has 1 saturated carbocycles. The molecule has 2 nitrogen and oxygen atoms in total. The van der Waals surface area contributed by atoms with Gasteiger partial charge in [0.15, 0.2) is 0 Å². The van der Waals surface area contributed by atoms with Crippen LogP contribution in [0.1, 0.15) is 45.4 Å². The standard InChI is InChI=1S/C11H24N2/c1-2-13-11(9-12)8-10-6-4-3-5-7-10/h10-11,13H,2-9,12H2,1H3. The summed E-state index contributed by atoms with van der Waals surface area (Å²) in [6, 6.07) is 0.563. The van der Waals surface area contributed by atoms with Crippen LogP contribution in [0.5, 0.6) is 0 Å². The molecule has 0 radical (unpaired) electrons. The van der Waals surface area contributed by atoms with Gasteiger partial charge < -0.3 is 11.1 Å². The molecular weight excluding hydrogens is 160 g/mol. The predicted octanol–water partition coefficient (Wildman–Crippen LogP) is 1.89. The fourth-order valence-electron chi connectivity index (χ4n) is 2.38. The minimum Gasteiger partial charge on any atom is -0.329 e. The second kappa shape index (κ2) is 6.39. The fourth-order valence-corrected chi connectivity index (χ4v) is 2.38. The molecule has 1 fully saturated rings. The van der Waals surface area contributed by atoms with Gasteiger partial charge in [-0.05, 0) is 18.9 Å². The van der Waals surface area contributed by atoms with Gasteiger partial charge in [0.25, 0.3) is 0 Å². The summed E-state index contributed by atoms with van der Waals surface area (Å²) >= 11 is 0. The van der Waals surface area contributed by atoms with Crippen LogP contribution >= 0.6 is 0 Å². The first-order chi connectivity index (χ1) is 6.36. The molecule has 0 aromatic carbocycles. The van der Waals surface area contributed by atoms with E-state index in [1.807, 2.05) is 0 Å². The molecule has 1 aliphatic rings. The van der Waals surface area contributed by atoms with E-state index in [2.05, 4.69) is 12.2 Å².